The Kier molecular flexibility index (Phi) is 4.82. The second-order valence-electron chi connectivity index (χ2n) is 4.35. The Morgan fingerprint density at radius 3 is 2.76 bits per heavy atom. The van der Waals surface area contributed by atoms with Crippen molar-refractivity contribution in [2.24, 2.45) is 0 Å². The van der Waals surface area contributed by atoms with Gasteiger partial charge in [-0.2, -0.15) is 0 Å². The van der Waals surface area contributed by atoms with Gasteiger partial charge in [-0.1, -0.05) is 11.6 Å². The van der Waals surface area contributed by atoms with Gasteiger partial charge in [-0.3, -0.25) is 0 Å². The summed E-state index contributed by atoms with van der Waals surface area (Å²) in [5, 5.41) is 3.02. The maximum Gasteiger partial charge on any atom is 0.252 e. The Morgan fingerprint density at radius 1 is 1.43 bits per heavy atom. The van der Waals surface area contributed by atoms with Crippen molar-refractivity contribution in [2.45, 2.75) is 10.8 Å². The Labute approximate surface area is 131 Å². The van der Waals surface area contributed by atoms with Gasteiger partial charge in [0.15, 0.2) is 11.6 Å². The lowest BCUT2D eigenvalue weighted by atomic mass is 10.4. The van der Waals surface area contributed by atoms with Crippen molar-refractivity contribution < 1.29 is 12.8 Å². The van der Waals surface area contributed by atoms with Crippen LogP contribution in [0.15, 0.2) is 28.6 Å². The van der Waals surface area contributed by atoms with E-state index in [1.54, 1.807) is 6.07 Å². The second kappa shape index (κ2) is 6.27. The third-order valence-corrected chi connectivity index (χ3v) is 6.18. The highest BCUT2D eigenvalue weighted by atomic mass is 35.5. The number of rotatable bonds is 5. The van der Waals surface area contributed by atoms with Gasteiger partial charge in [0.25, 0.3) is 10.0 Å². The molecule has 2 rings (SSSR count). The van der Waals surface area contributed by atoms with Crippen molar-refractivity contribution in [1.29, 1.82) is 0 Å². The molecule has 9 heteroatoms. The van der Waals surface area contributed by atoms with E-state index in [1.165, 1.54) is 26.4 Å². The largest absolute Gasteiger partial charge is 0.363 e. The Bertz CT molecular complexity index is 747. The summed E-state index contributed by atoms with van der Waals surface area (Å²) in [6, 6.07) is 4.37. The molecule has 2 aromatic rings. The smallest absolute Gasteiger partial charge is 0.252 e. The molecule has 5 nitrogen and oxygen atoms in total. The highest BCUT2D eigenvalue weighted by Crippen LogP contribution is 2.24. The molecular weight excluding hydrogens is 337 g/mol. The van der Waals surface area contributed by atoms with Crippen LogP contribution in [0.5, 0.6) is 0 Å². The van der Waals surface area contributed by atoms with E-state index in [1.807, 2.05) is 0 Å². The van der Waals surface area contributed by atoms with Gasteiger partial charge in [-0.15, -0.1) is 11.3 Å². The fraction of sp³-hybridized carbons (Fsp3) is 0.250. The molecule has 0 atom stereocenters. The van der Waals surface area contributed by atoms with Crippen molar-refractivity contribution in [1.82, 2.24) is 9.29 Å². The molecule has 2 heterocycles. The van der Waals surface area contributed by atoms with Crippen LogP contribution in [0, 0.1) is 5.82 Å². The van der Waals surface area contributed by atoms with Crippen LogP contribution in [0.2, 0.25) is 5.02 Å². The van der Waals surface area contributed by atoms with Crippen molar-refractivity contribution >= 4 is 38.8 Å². The zero-order valence-corrected chi connectivity index (χ0v) is 13.7. The highest BCUT2D eigenvalue weighted by molar-refractivity contribution is 7.91. The number of halogens is 2. The molecule has 0 aliphatic carbocycles. The van der Waals surface area contributed by atoms with Gasteiger partial charge in [0.1, 0.15) is 4.21 Å². The lowest BCUT2D eigenvalue weighted by Crippen LogP contribution is -2.21. The van der Waals surface area contributed by atoms with Crippen LogP contribution in [0.4, 0.5) is 10.2 Å². The molecule has 0 aliphatic heterocycles. The van der Waals surface area contributed by atoms with Crippen LogP contribution in [0.25, 0.3) is 0 Å². The third kappa shape index (κ3) is 3.70. The average molecular weight is 350 g/mol. The molecule has 2 aromatic heterocycles. The topological polar surface area (TPSA) is 62.3 Å². The lowest BCUT2D eigenvalue weighted by Gasteiger charge is -2.08. The fourth-order valence-corrected chi connectivity index (χ4v) is 4.10. The number of pyridine rings is 1. The minimum atomic E-state index is -3.44. The molecule has 0 fully saturated rings. The molecule has 0 bridgehead atoms. The molecule has 0 aliphatic rings. The van der Waals surface area contributed by atoms with Crippen LogP contribution in [-0.2, 0) is 16.6 Å². The first kappa shape index (κ1) is 16.2. The Balaban J connectivity index is 2.10. The number of anilines is 1. The summed E-state index contributed by atoms with van der Waals surface area (Å²) in [4.78, 5) is 4.59. The molecule has 0 amide bonds. The van der Waals surface area contributed by atoms with E-state index in [4.69, 9.17) is 11.6 Å². The summed E-state index contributed by atoms with van der Waals surface area (Å²) in [5.74, 6) is -0.481. The molecule has 21 heavy (non-hydrogen) atoms. The van der Waals surface area contributed by atoms with Crippen molar-refractivity contribution in [3.05, 3.63) is 40.1 Å². The first-order valence-corrected chi connectivity index (χ1v) is 8.50. The van der Waals surface area contributed by atoms with Crippen LogP contribution < -0.4 is 5.32 Å². The number of nitrogens with one attached hydrogen (secondary N) is 1. The number of aromatic nitrogens is 1. The van der Waals surface area contributed by atoms with E-state index in [2.05, 4.69) is 10.3 Å². The maximum atomic E-state index is 13.5. The summed E-state index contributed by atoms with van der Waals surface area (Å²) in [6.45, 7) is 0.277. The van der Waals surface area contributed by atoms with Crippen LogP contribution >= 0.6 is 22.9 Å². The molecule has 0 radical (unpaired) electrons. The SMILES string of the molecule is CN(C)S(=O)(=O)c1ccc(CNc2ncc(Cl)cc2F)s1. The Hall–Kier alpha value is -1.22. The number of thiophene rings is 1. The minimum Gasteiger partial charge on any atom is -0.363 e. The van der Waals surface area contributed by atoms with Crippen LogP contribution in [-0.4, -0.2) is 31.8 Å². The molecule has 0 spiro atoms. The molecule has 114 valence electrons. The minimum absolute atomic E-state index is 0.0739. The predicted molar refractivity (Wildman–Crippen MR) is 81.7 cm³/mol. The molecule has 0 unspecified atom stereocenters. The van der Waals surface area contributed by atoms with Gasteiger partial charge in [-0.05, 0) is 18.2 Å². The number of sulfonamides is 1. The summed E-state index contributed by atoms with van der Waals surface area (Å²) in [6.07, 6.45) is 1.34. The third-order valence-electron chi connectivity index (χ3n) is 2.61. The zero-order valence-electron chi connectivity index (χ0n) is 11.3. The van der Waals surface area contributed by atoms with Gasteiger partial charge in [-0.25, -0.2) is 22.1 Å². The number of hydrogen-bond donors (Lipinski definition) is 1. The van der Waals surface area contributed by atoms with E-state index in [-0.39, 0.29) is 21.6 Å². The second-order valence-corrected chi connectivity index (χ2v) is 8.33. The number of hydrogen-bond acceptors (Lipinski definition) is 5. The van der Waals surface area contributed by atoms with E-state index < -0.39 is 15.8 Å². The summed E-state index contributed by atoms with van der Waals surface area (Å²) in [5.41, 5.74) is 0. The maximum absolute atomic E-state index is 13.5. The first-order chi connectivity index (χ1) is 9.80. The summed E-state index contributed by atoms with van der Waals surface area (Å²) < 4.78 is 38.8. The molecule has 1 N–H and O–H groups in total. The summed E-state index contributed by atoms with van der Waals surface area (Å²) in [7, 11) is -0.491. The number of nitrogens with zero attached hydrogens (tertiary/aromatic N) is 2. The van der Waals surface area contributed by atoms with Gasteiger partial charge >= 0.3 is 0 Å². The van der Waals surface area contributed by atoms with Crippen molar-refractivity contribution in [2.75, 3.05) is 19.4 Å². The molecule has 0 saturated carbocycles. The van der Waals surface area contributed by atoms with Gasteiger partial charge in [0.05, 0.1) is 11.6 Å². The van der Waals surface area contributed by atoms with E-state index >= 15 is 0 Å². The predicted octanol–water partition coefficient (Wildman–Crippen LogP) is 2.80. The highest BCUT2D eigenvalue weighted by Gasteiger charge is 2.19. The first-order valence-electron chi connectivity index (χ1n) is 5.87. The average Bonchev–Trinajstić information content (AvgIpc) is 2.87. The fourth-order valence-electron chi connectivity index (χ4n) is 1.49. The van der Waals surface area contributed by atoms with Crippen LogP contribution in [0.3, 0.4) is 0 Å². The van der Waals surface area contributed by atoms with Crippen molar-refractivity contribution in [3.8, 4) is 0 Å². The normalized spacial score (nSPS) is 11.9. The molecule has 0 aromatic carbocycles. The van der Waals surface area contributed by atoms with Gasteiger partial charge in [0.2, 0.25) is 0 Å². The zero-order chi connectivity index (χ0) is 15.6. The van der Waals surface area contributed by atoms with Gasteiger partial charge in [0, 0.05) is 25.2 Å². The quantitative estimate of drug-likeness (QED) is 0.901. The standard InChI is InChI=1S/C12H13ClFN3O2S2/c1-17(2)21(18,19)11-4-3-9(20-11)7-16-12-10(14)5-8(13)6-15-12/h3-6H,7H2,1-2H3,(H,15,16). The lowest BCUT2D eigenvalue weighted by molar-refractivity contribution is 0.523. The van der Waals surface area contributed by atoms with Crippen molar-refractivity contribution in [3.63, 3.8) is 0 Å². The van der Waals surface area contributed by atoms with E-state index in [0.717, 1.165) is 26.6 Å². The molecule has 0 saturated heterocycles. The monoisotopic (exact) mass is 349 g/mol. The summed E-state index contributed by atoms with van der Waals surface area (Å²) >= 11 is 6.75. The van der Waals surface area contributed by atoms with E-state index in [0.29, 0.717) is 0 Å². The Morgan fingerprint density at radius 2 is 2.14 bits per heavy atom. The van der Waals surface area contributed by atoms with E-state index in [9.17, 15) is 12.8 Å². The van der Waals surface area contributed by atoms with Gasteiger partial charge < -0.3 is 5.32 Å². The van der Waals surface area contributed by atoms with Crippen LogP contribution in [0.1, 0.15) is 4.88 Å². The molecular formula is C12H13ClFN3O2S2.